The predicted octanol–water partition coefficient (Wildman–Crippen LogP) is 5.65. The van der Waals surface area contributed by atoms with Gasteiger partial charge in [-0.2, -0.15) is 0 Å². The number of nitrogens with zero attached hydrogens (tertiary/aromatic N) is 3. The van der Waals surface area contributed by atoms with E-state index in [4.69, 9.17) is 10.4 Å². The maximum absolute atomic E-state index is 7.74. The van der Waals surface area contributed by atoms with Gasteiger partial charge in [0.2, 0.25) is 0 Å². The monoisotopic (exact) mass is 493 g/mol. The Morgan fingerprint density at radius 2 is 1.65 bits per heavy atom. The van der Waals surface area contributed by atoms with Crippen LogP contribution in [0.1, 0.15) is 21.9 Å². The Labute approximate surface area is 197 Å². The fourth-order valence-corrected chi connectivity index (χ4v) is 5.25. The van der Waals surface area contributed by atoms with E-state index in [1.54, 1.807) is 0 Å². The second kappa shape index (κ2) is 10.4. The van der Waals surface area contributed by atoms with Gasteiger partial charge in [0.05, 0.1) is 5.25 Å². The van der Waals surface area contributed by atoms with Gasteiger partial charge >= 0.3 is 0 Å². The van der Waals surface area contributed by atoms with Crippen molar-refractivity contribution in [3.05, 3.63) is 101 Å². The molecule has 1 aliphatic rings. The molecule has 1 aliphatic heterocycles. The van der Waals surface area contributed by atoms with Gasteiger partial charge in [-0.25, -0.2) is 10.4 Å². The van der Waals surface area contributed by atoms with Gasteiger partial charge in [-0.15, -0.1) is 0 Å². The lowest BCUT2D eigenvalue weighted by molar-refractivity contribution is 0.174. The molecule has 158 valence electrons. The quantitative estimate of drug-likeness (QED) is 0.208. The first-order valence-electron chi connectivity index (χ1n) is 10.4. The number of pyridine rings is 1. The van der Waals surface area contributed by atoms with Gasteiger partial charge in [0.25, 0.3) is 5.84 Å². The zero-order valence-corrected chi connectivity index (χ0v) is 19.8. The van der Waals surface area contributed by atoms with Crippen LogP contribution in [0.25, 0.3) is 0 Å². The SMILES string of the molecule is [CH2+]C(=N)N1CCN(Cc2cccnc2SC(c2ccccc2)c2ccc(Br)cc2)CC1. The molecule has 1 atom stereocenters. The van der Waals surface area contributed by atoms with Gasteiger partial charge < -0.3 is 4.90 Å². The zero-order valence-electron chi connectivity index (χ0n) is 17.4. The molecule has 1 saturated heterocycles. The van der Waals surface area contributed by atoms with Crippen LogP contribution in [0.2, 0.25) is 0 Å². The Morgan fingerprint density at radius 3 is 2.32 bits per heavy atom. The number of benzene rings is 2. The summed E-state index contributed by atoms with van der Waals surface area (Å²) >= 11 is 5.37. The van der Waals surface area contributed by atoms with Crippen LogP contribution in [-0.4, -0.2) is 46.8 Å². The van der Waals surface area contributed by atoms with Gasteiger partial charge in [-0.3, -0.25) is 4.90 Å². The number of halogens is 1. The molecule has 1 fully saturated rings. The highest BCUT2D eigenvalue weighted by molar-refractivity contribution is 9.10. The lowest BCUT2D eigenvalue weighted by atomic mass is 10.0. The van der Waals surface area contributed by atoms with E-state index in [-0.39, 0.29) is 5.25 Å². The first kappa shape index (κ1) is 21.9. The predicted molar refractivity (Wildman–Crippen MR) is 132 cm³/mol. The van der Waals surface area contributed by atoms with Crippen molar-refractivity contribution in [2.45, 2.75) is 16.8 Å². The average molecular weight is 494 g/mol. The molecule has 2 aromatic carbocycles. The Bertz CT molecular complexity index is 1000. The third-order valence-corrected chi connectivity index (χ3v) is 7.40. The lowest BCUT2D eigenvalue weighted by Crippen LogP contribution is -2.47. The highest BCUT2D eigenvalue weighted by Gasteiger charge is 2.22. The fraction of sp³-hybridized carbons (Fsp3) is 0.240. The first-order chi connectivity index (χ1) is 15.1. The summed E-state index contributed by atoms with van der Waals surface area (Å²) in [5, 5.41) is 8.99. The minimum absolute atomic E-state index is 0.173. The molecule has 1 unspecified atom stereocenters. The van der Waals surface area contributed by atoms with E-state index in [0.29, 0.717) is 5.84 Å². The van der Waals surface area contributed by atoms with Crippen LogP contribution in [-0.2, 0) is 6.54 Å². The highest BCUT2D eigenvalue weighted by Crippen LogP contribution is 2.41. The molecule has 0 spiro atoms. The van der Waals surface area contributed by atoms with Crippen molar-refractivity contribution in [2.24, 2.45) is 0 Å². The number of aromatic nitrogens is 1. The summed E-state index contributed by atoms with van der Waals surface area (Å²) in [6.07, 6.45) is 1.89. The molecule has 3 aromatic rings. The number of piperazine rings is 1. The third kappa shape index (κ3) is 5.70. The van der Waals surface area contributed by atoms with Gasteiger partial charge in [0, 0.05) is 43.4 Å². The molecule has 1 aromatic heterocycles. The van der Waals surface area contributed by atoms with Crippen LogP contribution in [0, 0.1) is 12.3 Å². The Hall–Kier alpha value is -2.28. The van der Waals surface area contributed by atoms with E-state index in [0.717, 1.165) is 42.2 Å². The number of thioether (sulfide) groups is 1. The van der Waals surface area contributed by atoms with Crippen molar-refractivity contribution in [1.82, 2.24) is 14.8 Å². The third-order valence-electron chi connectivity index (χ3n) is 5.50. The van der Waals surface area contributed by atoms with Gasteiger partial charge in [-0.1, -0.05) is 76.2 Å². The molecular weight excluding hydrogens is 468 g/mol. The summed E-state index contributed by atoms with van der Waals surface area (Å²) < 4.78 is 1.08. The van der Waals surface area contributed by atoms with Crippen LogP contribution < -0.4 is 0 Å². The summed E-state index contributed by atoms with van der Waals surface area (Å²) in [6.45, 7) is 8.21. The van der Waals surface area contributed by atoms with E-state index in [1.165, 1.54) is 16.7 Å². The highest BCUT2D eigenvalue weighted by atomic mass is 79.9. The number of hydrogen-bond donors (Lipinski definition) is 1. The van der Waals surface area contributed by atoms with Crippen molar-refractivity contribution in [2.75, 3.05) is 26.2 Å². The van der Waals surface area contributed by atoms with Crippen molar-refractivity contribution in [3.63, 3.8) is 0 Å². The molecular formula is C25H26BrN4S+. The molecule has 0 saturated carbocycles. The van der Waals surface area contributed by atoms with Crippen LogP contribution in [0.4, 0.5) is 0 Å². The zero-order chi connectivity index (χ0) is 21.6. The molecule has 4 nitrogen and oxygen atoms in total. The molecule has 0 bridgehead atoms. The smallest absolute Gasteiger partial charge is 0.284 e. The summed E-state index contributed by atoms with van der Waals surface area (Å²) in [5.74, 6) is 0.414. The number of rotatable bonds is 6. The number of hydrogen-bond acceptors (Lipinski definition) is 4. The number of nitrogens with one attached hydrogen (secondary N) is 1. The molecule has 1 N–H and O–H groups in total. The van der Waals surface area contributed by atoms with E-state index in [9.17, 15) is 0 Å². The summed E-state index contributed by atoms with van der Waals surface area (Å²) in [7, 11) is 0. The Kier molecular flexibility index (Phi) is 7.33. The van der Waals surface area contributed by atoms with E-state index < -0.39 is 0 Å². The van der Waals surface area contributed by atoms with E-state index in [1.807, 2.05) is 28.9 Å². The molecule has 0 amide bonds. The standard InChI is InChI=1S/C25H26BrN4S/c1-19(27)30-16-14-29(15-17-30)18-22-8-5-13-28-25(22)31-24(20-6-3-2-4-7-20)21-9-11-23(26)12-10-21/h2-13,24,27H,1,14-18H2/q+1. The topological polar surface area (TPSA) is 43.2 Å². The van der Waals surface area contributed by atoms with Crippen LogP contribution >= 0.6 is 27.7 Å². The normalized spacial score (nSPS) is 15.6. The van der Waals surface area contributed by atoms with E-state index in [2.05, 4.69) is 88.4 Å². The molecule has 2 heterocycles. The fourth-order valence-electron chi connectivity index (χ4n) is 3.77. The van der Waals surface area contributed by atoms with Gasteiger partial charge in [0.1, 0.15) is 11.9 Å². The van der Waals surface area contributed by atoms with Gasteiger partial charge in [0.15, 0.2) is 0 Å². The maximum atomic E-state index is 7.74. The lowest BCUT2D eigenvalue weighted by Gasteiger charge is -2.33. The minimum atomic E-state index is 0.173. The van der Waals surface area contributed by atoms with Gasteiger partial charge in [-0.05, 0) is 34.9 Å². The van der Waals surface area contributed by atoms with Crippen molar-refractivity contribution >= 4 is 33.5 Å². The van der Waals surface area contributed by atoms with Crippen molar-refractivity contribution in [1.29, 1.82) is 5.41 Å². The van der Waals surface area contributed by atoms with E-state index >= 15 is 0 Å². The van der Waals surface area contributed by atoms with Crippen molar-refractivity contribution in [3.8, 4) is 0 Å². The minimum Gasteiger partial charge on any atom is -0.319 e. The Balaban J connectivity index is 1.55. The summed E-state index contributed by atoms with van der Waals surface area (Å²) in [4.78, 5) is 9.25. The molecule has 0 aliphatic carbocycles. The van der Waals surface area contributed by atoms with Crippen molar-refractivity contribution < 1.29 is 0 Å². The first-order valence-corrected chi connectivity index (χ1v) is 12.1. The average Bonchev–Trinajstić information content (AvgIpc) is 2.80. The molecule has 6 heteroatoms. The Morgan fingerprint density at radius 1 is 0.968 bits per heavy atom. The molecule has 31 heavy (non-hydrogen) atoms. The van der Waals surface area contributed by atoms with Crippen LogP contribution in [0.15, 0.2) is 82.4 Å². The second-order valence-electron chi connectivity index (χ2n) is 7.64. The summed E-state index contributed by atoms with van der Waals surface area (Å²) in [5.41, 5.74) is 3.79. The number of amidine groups is 1. The maximum Gasteiger partial charge on any atom is 0.284 e. The second-order valence-corrected chi connectivity index (χ2v) is 9.65. The molecule has 0 radical (unpaired) electrons. The summed E-state index contributed by atoms with van der Waals surface area (Å²) in [6, 6.07) is 23.4. The largest absolute Gasteiger partial charge is 0.319 e. The van der Waals surface area contributed by atoms with Crippen LogP contribution in [0.3, 0.4) is 0 Å². The molecule has 4 rings (SSSR count). The van der Waals surface area contributed by atoms with Crippen LogP contribution in [0.5, 0.6) is 0 Å².